The van der Waals surface area contributed by atoms with E-state index in [1.807, 2.05) is 48.0 Å². The zero-order chi connectivity index (χ0) is 27.6. The fourth-order valence-electron chi connectivity index (χ4n) is 7.19. The van der Waals surface area contributed by atoms with E-state index in [1.54, 1.807) is 4.90 Å². The normalized spacial score (nSPS) is 34.8. The van der Waals surface area contributed by atoms with E-state index >= 15 is 0 Å². The number of carbonyl (C=O) groups is 3. The second-order valence-electron chi connectivity index (χ2n) is 11.6. The van der Waals surface area contributed by atoms with Crippen LogP contribution in [0.4, 0.5) is 0 Å². The maximum atomic E-state index is 14.3. The van der Waals surface area contributed by atoms with E-state index in [2.05, 4.69) is 4.90 Å². The summed E-state index contributed by atoms with van der Waals surface area (Å²) in [5.74, 6) is -1.83. The van der Waals surface area contributed by atoms with E-state index < -0.39 is 29.1 Å². The fraction of sp³-hybridized carbons (Fsp3) is 0.759. The minimum Gasteiger partial charge on any atom is -0.396 e. The number of amides is 3. The smallest absolute Gasteiger partial charge is 0.249 e. The summed E-state index contributed by atoms with van der Waals surface area (Å²) >= 11 is 0. The molecule has 10 nitrogen and oxygen atoms in total. The van der Waals surface area contributed by atoms with Gasteiger partial charge in [-0.15, -0.1) is 0 Å². The molecule has 0 aromatic carbocycles. The third-order valence-electron chi connectivity index (χ3n) is 9.06. The number of fused-ring (bicyclic) bond motifs is 2. The van der Waals surface area contributed by atoms with Crippen LogP contribution in [0.1, 0.15) is 39.5 Å². The SMILES string of the molecule is CCCN1CC=C[C@@]2(C)O[C@]34C=CCN(CCN5CCOCC5)C(=O)C3N(CCCCCO)C(=O)[C@@H]4[C@H]2C1=O. The predicted molar refractivity (Wildman–Crippen MR) is 145 cm³/mol. The van der Waals surface area contributed by atoms with E-state index in [1.165, 1.54) is 0 Å². The number of carbonyl (C=O) groups excluding carboxylic acids is 3. The highest BCUT2D eigenvalue weighted by Gasteiger charge is 2.74. The van der Waals surface area contributed by atoms with Crippen LogP contribution < -0.4 is 0 Å². The molecule has 0 radical (unpaired) electrons. The first kappa shape index (κ1) is 28.3. The van der Waals surface area contributed by atoms with Gasteiger partial charge < -0.3 is 29.3 Å². The first-order valence-electron chi connectivity index (χ1n) is 14.7. The van der Waals surface area contributed by atoms with Crippen LogP contribution >= 0.6 is 0 Å². The number of hydrogen-bond acceptors (Lipinski definition) is 7. The van der Waals surface area contributed by atoms with Gasteiger partial charge in [0.2, 0.25) is 17.7 Å². The molecule has 0 aliphatic carbocycles. The van der Waals surface area contributed by atoms with Gasteiger partial charge in [0.25, 0.3) is 0 Å². The van der Waals surface area contributed by atoms with Gasteiger partial charge in [-0.1, -0.05) is 31.2 Å². The number of hydrogen-bond donors (Lipinski definition) is 1. The summed E-state index contributed by atoms with van der Waals surface area (Å²) < 4.78 is 12.3. The minimum atomic E-state index is -1.20. The molecule has 1 spiro atoms. The van der Waals surface area contributed by atoms with Crippen LogP contribution in [0.25, 0.3) is 0 Å². The molecule has 39 heavy (non-hydrogen) atoms. The number of ether oxygens (including phenoxy) is 2. The highest BCUT2D eigenvalue weighted by atomic mass is 16.5. The van der Waals surface area contributed by atoms with E-state index in [0.29, 0.717) is 58.8 Å². The van der Waals surface area contributed by atoms with Gasteiger partial charge in [-0.2, -0.15) is 0 Å². The molecule has 0 saturated carbocycles. The van der Waals surface area contributed by atoms with Crippen LogP contribution in [0, 0.1) is 11.8 Å². The molecule has 216 valence electrons. The van der Waals surface area contributed by atoms with Crippen molar-refractivity contribution in [1.29, 1.82) is 0 Å². The third-order valence-corrected chi connectivity index (χ3v) is 9.06. The van der Waals surface area contributed by atoms with Gasteiger partial charge >= 0.3 is 0 Å². The van der Waals surface area contributed by atoms with Gasteiger partial charge in [-0.05, 0) is 32.6 Å². The first-order valence-corrected chi connectivity index (χ1v) is 14.7. The molecule has 0 aromatic heterocycles. The number of unbranched alkanes of at least 4 members (excludes halogenated alkanes) is 2. The Kier molecular flexibility index (Phi) is 8.47. The second kappa shape index (κ2) is 11.7. The predicted octanol–water partition coefficient (Wildman–Crippen LogP) is 0.659. The summed E-state index contributed by atoms with van der Waals surface area (Å²) in [5, 5.41) is 9.26. The molecule has 0 aromatic rings. The highest BCUT2D eigenvalue weighted by molar-refractivity contribution is 6.00. The van der Waals surface area contributed by atoms with Crippen molar-refractivity contribution in [1.82, 2.24) is 19.6 Å². The first-order chi connectivity index (χ1) is 18.9. The Balaban J connectivity index is 1.48. The topological polar surface area (TPSA) is 103 Å². The number of rotatable bonds is 10. The Labute approximate surface area is 231 Å². The maximum Gasteiger partial charge on any atom is 0.249 e. The van der Waals surface area contributed by atoms with Gasteiger partial charge in [0.05, 0.1) is 30.7 Å². The number of likely N-dealkylation sites (tertiary alicyclic amines) is 1. The average Bonchev–Trinajstić information content (AvgIpc) is 3.20. The molecule has 0 bridgehead atoms. The van der Waals surface area contributed by atoms with Gasteiger partial charge in [0.15, 0.2) is 0 Å². The van der Waals surface area contributed by atoms with Crippen molar-refractivity contribution in [3.05, 3.63) is 24.3 Å². The average molecular weight is 545 g/mol. The molecule has 10 heteroatoms. The highest BCUT2D eigenvalue weighted by Crippen LogP contribution is 2.57. The van der Waals surface area contributed by atoms with Crippen LogP contribution in [0.5, 0.6) is 0 Å². The van der Waals surface area contributed by atoms with Crippen LogP contribution in [0.3, 0.4) is 0 Å². The second-order valence-corrected chi connectivity index (χ2v) is 11.6. The molecule has 5 atom stereocenters. The number of morpholine rings is 1. The fourth-order valence-corrected chi connectivity index (χ4v) is 7.19. The van der Waals surface area contributed by atoms with Gasteiger partial charge in [-0.3, -0.25) is 19.3 Å². The van der Waals surface area contributed by atoms with Crippen LogP contribution in [-0.2, 0) is 23.9 Å². The van der Waals surface area contributed by atoms with Crippen LogP contribution in [0.2, 0.25) is 0 Å². The lowest BCUT2D eigenvalue weighted by Crippen LogP contribution is -2.56. The molecule has 3 fully saturated rings. The molecule has 3 saturated heterocycles. The Morgan fingerprint density at radius 3 is 2.31 bits per heavy atom. The zero-order valence-corrected chi connectivity index (χ0v) is 23.4. The van der Waals surface area contributed by atoms with Crippen LogP contribution in [-0.4, -0.2) is 132 Å². The quantitative estimate of drug-likeness (QED) is 0.318. The van der Waals surface area contributed by atoms with Crippen molar-refractivity contribution in [3.8, 4) is 0 Å². The monoisotopic (exact) mass is 544 g/mol. The van der Waals surface area contributed by atoms with E-state index in [4.69, 9.17) is 9.47 Å². The van der Waals surface area contributed by atoms with Crippen LogP contribution in [0.15, 0.2) is 24.3 Å². The van der Waals surface area contributed by atoms with Crippen molar-refractivity contribution >= 4 is 17.7 Å². The molecule has 3 amide bonds. The molecule has 1 N–H and O–H groups in total. The lowest BCUT2D eigenvalue weighted by molar-refractivity contribution is -0.152. The largest absolute Gasteiger partial charge is 0.396 e. The molecule has 5 aliphatic rings. The van der Waals surface area contributed by atoms with Gasteiger partial charge in [-0.25, -0.2) is 0 Å². The molecular weight excluding hydrogens is 500 g/mol. The summed E-state index contributed by atoms with van der Waals surface area (Å²) in [4.78, 5) is 50.2. The summed E-state index contributed by atoms with van der Waals surface area (Å²) in [6.07, 6.45) is 10.7. The standard InChI is InChI=1S/C29H44N4O6/c1-3-11-31-12-7-9-28(2)22(25(31)35)23-26(36)33(14-5-4-6-19-34)24-27(37)32(13-8-10-29(23,24)39-28)16-15-30-17-20-38-21-18-30/h7-10,22-24,34H,3-6,11-21H2,1-2H3/t22-,23-,24?,28+,29-/m0/s1. The Morgan fingerprint density at radius 2 is 1.59 bits per heavy atom. The van der Waals surface area contributed by atoms with Crippen molar-refractivity contribution in [2.45, 2.75) is 56.8 Å². The third kappa shape index (κ3) is 5.05. The minimum absolute atomic E-state index is 0.0743. The molecular formula is C29H44N4O6. The molecule has 1 unspecified atom stereocenters. The Morgan fingerprint density at radius 1 is 0.872 bits per heavy atom. The lowest BCUT2D eigenvalue weighted by Gasteiger charge is -2.38. The van der Waals surface area contributed by atoms with E-state index in [-0.39, 0.29) is 24.3 Å². The van der Waals surface area contributed by atoms with Crippen molar-refractivity contribution in [2.24, 2.45) is 11.8 Å². The van der Waals surface area contributed by atoms with Crippen molar-refractivity contribution < 1.29 is 29.0 Å². The summed E-state index contributed by atoms with van der Waals surface area (Å²) in [7, 11) is 0. The number of aliphatic hydroxyl groups is 1. The Hall–Kier alpha value is -2.27. The maximum absolute atomic E-state index is 14.3. The summed E-state index contributed by atoms with van der Waals surface area (Å²) in [6, 6.07) is -0.822. The summed E-state index contributed by atoms with van der Waals surface area (Å²) in [6.45, 7) is 10.3. The lowest BCUT2D eigenvalue weighted by atomic mass is 9.74. The molecule has 5 heterocycles. The van der Waals surface area contributed by atoms with Gasteiger partial charge in [0.1, 0.15) is 11.6 Å². The number of nitrogens with zero attached hydrogens (tertiary/aromatic N) is 4. The molecule has 5 rings (SSSR count). The van der Waals surface area contributed by atoms with Gasteiger partial charge in [0, 0.05) is 59.0 Å². The van der Waals surface area contributed by atoms with Crippen molar-refractivity contribution in [2.75, 3.05) is 72.2 Å². The van der Waals surface area contributed by atoms with Crippen molar-refractivity contribution in [3.63, 3.8) is 0 Å². The molecule has 5 aliphatic heterocycles. The van der Waals surface area contributed by atoms with E-state index in [0.717, 1.165) is 32.5 Å². The zero-order valence-electron chi connectivity index (χ0n) is 23.4. The van der Waals surface area contributed by atoms with E-state index in [9.17, 15) is 19.5 Å². The summed E-state index contributed by atoms with van der Waals surface area (Å²) in [5.41, 5.74) is -2.18. The number of aliphatic hydroxyl groups excluding tert-OH is 1. The Bertz CT molecular complexity index is 996.